The monoisotopic (exact) mass is 440 g/mol. The van der Waals surface area contributed by atoms with Crippen LogP contribution < -0.4 is 5.01 Å². The molecule has 2 aliphatic rings. The number of fused-ring (bicyclic) bond motifs is 1. The molecule has 1 fully saturated rings. The number of hydrogen-bond donors (Lipinski definition) is 0. The minimum Gasteiger partial charge on any atom is -0.329 e. The van der Waals surface area contributed by atoms with Gasteiger partial charge in [-0.15, -0.1) is 0 Å². The molecule has 2 aliphatic heterocycles. The zero-order valence-electron chi connectivity index (χ0n) is 16.7. The highest BCUT2D eigenvalue weighted by atomic mass is 35.5. The predicted molar refractivity (Wildman–Crippen MR) is 114 cm³/mol. The van der Waals surface area contributed by atoms with Gasteiger partial charge in [-0.05, 0) is 17.7 Å². The van der Waals surface area contributed by atoms with Gasteiger partial charge in [0.15, 0.2) is 0 Å². The fourth-order valence-electron chi connectivity index (χ4n) is 3.94. The van der Waals surface area contributed by atoms with E-state index in [1.807, 2.05) is 40.2 Å². The van der Waals surface area contributed by atoms with Crippen molar-refractivity contribution in [3.8, 4) is 0 Å². The van der Waals surface area contributed by atoms with Gasteiger partial charge in [0.2, 0.25) is 0 Å². The molecule has 1 saturated heterocycles. The number of aromatic nitrogens is 1. The number of halogens is 4. The highest BCUT2D eigenvalue weighted by molar-refractivity contribution is 6.42. The van der Waals surface area contributed by atoms with E-state index in [1.54, 1.807) is 11.1 Å². The Bertz CT molecular complexity index is 949. The summed E-state index contributed by atoms with van der Waals surface area (Å²) in [7, 11) is 0. The first-order valence-electron chi connectivity index (χ1n) is 9.64. The first-order chi connectivity index (χ1) is 13.6. The second-order valence-corrected chi connectivity index (χ2v) is 9.58. The molecule has 0 bridgehead atoms. The Kier molecular flexibility index (Phi) is 5.16. The number of anilines is 1. The molecule has 1 aromatic heterocycles. The minimum atomic E-state index is -2.70. The second-order valence-electron chi connectivity index (χ2n) is 8.79. The summed E-state index contributed by atoms with van der Waals surface area (Å²) in [6, 6.07) is 7.49. The molecule has 1 unspecified atom stereocenters. The van der Waals surface area contributed by atoms with Gasteiger partial charge in [-0.25, -0.2) is 13.8 Å². The summed E-state index contributed by atoms with van der Waals surface area (Å²) < 4.78 is 30.2. The van der Waals surface area contributed by atoms with Crippen molar-refractivity contribution in [2.24, 2.45) is 10.4 Å². The lowest BCUT2D eigenvalue weighted by atomic mass is 9.91. The van der Waals surface area contributed by atoms with Gasteiger partial charge < -0.3 is 4.57 Å². The number of rotatable bonds is 3. The van der Waals surface area contributed by atoms with Crippen LogP contribution in [0.2, 0.25) is 10.0 Å². The van der Waals surface area contributed by atoms with Crippen molar-refractivity contribution in [2.75, 3.05) is 18.1 Å². The van der Waals surface area contributed by atoms with Crippen molar-refractivity contribution >= 4 is 35.2 Å². The maximum absolute atomic E-state index is 14.1. The summed E-state index contributed by atoms with van der Waals surface area (Å²) in [5, 5.41) is 4.69. The van der Waals surface area contributed by atoms with Crippen molar-refractivity contribution < 1.29 is 8.78 Å². The van der Waals surface area contributed by atoms with Gasteiger partial charge >= 0.3 is 0 Å². The molecule has 1 aromatic carbocycles. The Morgan fingerprint density at radius 3 is 2.62 bits per heavy atom. The molecule has 1 atom stereocenters. The largest absolute Gasteiger partial charge is 0.329 e. The third-order valence-electron chi connectivity index (χ3n) is 5.37. The standard InChI is InChI=1S/C21H24Cl2F2N4/c1-20(2,3)19-26-11-14-7-9-27(12-15-5-4-6-16(22)17(15)23)18(14)29(19)28-10-8-21(24,25)13-28/h4-7,9,11,19H,8,10,12-13H2,1-3H3. The quantitative estimate of drug-likeness (QED) is 0.609. The number of benzene rings is 1. The number of aliphatic imine (C=N–C) groups is 1. The Morgan fingerprint density at radius 1 is 1.21 bits per heavy atom. The third-order valence-corrected chi connectivity index (χ3v) is 6.23. The highest BCUT2D eigenvalue weighted by Gasteiger charge is 2.46. The van der Waals surface area contributed by atoms with Crippen molar-refractivity contribution in [3.63, 3.8) is 0 Å². The molecule has 29 heavy (non-hydrogen) atoms. The van der Waals surface area contributed by atoms with Crippen molar-refractivity contribution in [3.05, 3.63) is 51.6 Å². The van der Waals surface area contributed by atoms with E-state index in [-0.39, 0.29) is 31.1 Å². The molecule has 0 amide bonds. The zero-order chi connectivity index (χ0) is 21.0. The van der Waals surface area contributed by atoms with Crippen LogP contribution in [0.1, 0.15) is 38.3 Å². The highest BCUT2D eigenvalue weighted by Crippen LogP contribution is 2.40. The summed E-state index contributed by atoms with van der Waals surface area (Å²) >= 11 is 12.6. The topological polar surface area (TPSA) is 23.8 Å². The van der Waals surface area contributed by atoms with Gasteiger partial charge in [-0.1, -0.05) is 56.1 Å². The van der Waals surface area contributed by atoms with Crippen molar-refractivity contribution in [1.29, 1.82) is 0 Å². The van der Waals surface area contributed by atoms with E-state index < -0.39 is 5.92 Å². The van der Waals surface area contributed by atoms with Gasteiger partial charge in [0.1, 0.15) is 12.0 Å². The molecule has 0 radical (unpaired) electrons. The summed E-state index contributed by atoms with van der Waals surface area (Å²) in [5.74, 6) is -1.84. The molecule has 0 saturated carbocycles. The first-order valence-corrected chi connectivity index (χ1v) is 10.4. The summed E-state index contributed by atoms with van der Waals surface area (Å²) in [6.07, 6.45) is 3.35. The molecule has 0 aliphatic carbocycles. The van der Waals surface area contributed by atoms with Gasteiger partial charge in [0, 0.05) is 36.4 Å². The number of nitrogens with zero attached hydrogens (tertiary/aromatic N) is 4. The molecule has 2 aromatic rings. The maximum atomic E-state index is 14.1. The summed E-state index contributed by atoms with van der Waals surface area (Å²) in [5.41, 5.74) is 1.53. The fraction of sp³-hybridized carbons (Fsp3) is 0.476. The van der Waals surface area contributed by atoms with Gasteiger partial charge in [0.05, 0.1) is 23.1 Å². The average molecular weight is 441 g/mol. The van der Waals surface area contributed by atoms with E-state index in [2.05, 4.69) is 20.8 Å². The van der Waals surface area contributed by atoms with Crippen molar-refractivity contribution in [1.82, 2.24) is 9.58 Å². The molecule has 8 heteroatoms. The second kappa shape index (κ2) is 7.25. The van der Waals surface area contributed by atoms with E-state index in [0.717, 1.165) is 16.9 Å². The van der Waals surface area contributed by atoms with Crippen LogP contribution in [0.25, 0.3) is 0 Å². The first kappa shape index (κ1) is 20.6. The number of alkyl halides is 2. The third kappa shape index (κ3) is 3.90. The summed E-state index contributed by atoms with van der Waals surface area (Å²) in [6.45, 7) is 6.68. The van der Waals surface area contributed by atoms with Crippen LogP contribution in [0.3, 0.4) is 0 Å². The number of hydrazine groups is 1. The van der Waals surface area contributed by atoms with E-state index in [9.17, 15) is 8.78 Å². The Labute approximate surface area is 179 Å². The maximum Gasteiger partial charge on any atom is 0.263 e. The molecule has 156 valence electrons. The number of hydrogen-bond acceptors (Lipinski definition) is 3. The lowest BCUT2D eigenvalue weighted by molar-refractivity contribution is 0.00813. The summed E-state index contributed by atoms with van der Waals surface area (Å²) in [4.78, 5) is 4.72. The molecular weight excluding hydrogens is 417 g/mol. The van der Waals surface area contributed by atoms with Crippen LogP contribution in [-0.2, 0) is 6.54 Å². The van der Waals surface area contributed by atoms with E-state index in [0.29, 0.717) is 16.6 Å². The molecular formula is C21H24Cl2F2N4. The molecule has 0 N–H and O–H groups in total. The van der Waals surface area contributed by atoms with Gasteiger partial charge in [0.25, 0.3) is 5.92 Å². The fourth-order valence-corrected chi connectivity index (χ4v) is 4.32. The lowest BCUT2D eigenvalue weighted by Gasteiger charge is -2.45. The van der Waals surface area contributed by atoms with Crippen LogP contribution in [-0.4, -0.2) is 41.0 Å². The lowest BCUT2D eigenvalue weighted by Crippen LogP contribution is -2.55. The van der Waals surface area contributed by atoms with Crippen LogP contribution >= 0.6 is 23.2 Å². The Hall–Kier alpha value is -1.63. The normalized spacial score (nSPS) is 21.6. The van der Waals surface area contributed by atoms with Crippen LogP contribution in [0.4, 0.5) is 14.6 Å². The SMILES string of the molecule is CC(C)(C)C1N=Cc2ccn(Cc3cccc(Cl)c3Cl)c2N1N1CCC(F)(F)C1. The molecule has 4 rings (SSSR count). The van der Waals surface area contributed by atoms with Crippen LogP contribution in [0.15, 0.2) is 35.5 Å². The van der Waals surface area contributed by atoms with Gasteiger partial charge in [-0.2, -0.15) is 0 Å². The molecule has 4 nitrogen and oxygen atoms in total. The van der Waals surface area contributed by atoms with E-state index in [4.69, 9.17) is 28.2 Å². The van der Waals surface area contributed by atoms with E-state index >= 15 is 0 Å². The zero-order valence-corrected chi connectivity index (χ0v) is 18.2. The van der Waals surface area contributed by atoms with Crippen LogP contribution in [0.5, 0.6) is 0 Å². The minimum absolute atomic E-state index is 0.153. The molecule has 0 spiro atoms. The molecule has 3 heterocycles. The average Bonchev–Trinajstić information content (AvgIpc) is 3.20. The van der Waals surface area contributed by atoms with E-state index in [1.165, 1.54) is 0 Å². The van der Waals surface area contributed by atoms with Crippen molar-refractivity contribution in [2.45, 2.75) is 45.8 Å². The Morgan fingerprint density at radius 2 is 1.97 bits per heavy atom. The van der Waals surface area contributed by atoms with Gasteiger partial charge in [-0.3, -0.25) is 10.0 Å². The smallest absolute Gasteiger partial charge is 0.263 e. The van der Waals surface area contributed by atoms with Crippen LogP contribution in [0, 0.1) is 5.41 Å². The predicted octanol–water partition coefficient (Wildman–Crippen LogP) is 5.71. The Balaban J connectivity index is 1.77.